The summed E-state index contributed by atoms with van der Waals surface area (Å²) in [5.74, 6) is 2.18. The Kier molecular flexibility index (Phi) is 5.67. The highest BCUT2D eigenvalue weighted by Gasteiger charge is 2.41. The van der Waals surface area contributed by atoms with Crippen molar-refractivity contribution in [3.63, 3.8) is 0 Å². The lowest BCUT2D eigenvalue weighted by Crippen LogP contribution is -2.43. The monoisotopic (exact) mass is 390 g/mol. The molecule has 2 atom stereocenters. The minimum absolute atomic E-state index is 0.310. The molecule has 1 aromatic carbocycles. The van der Waals surface area contributed by atoms with E-state index in [0.717, 1.165) is 42.3 Å². The molecule has 0 bridgehead atoms. The lowest BCUT2D eigenvalue weighted by molar-refractivity contribution is 0.0744. The van der Waals surface area contributed by atoms with Gasteiger partial charge in [0.05, 0.1) is 0 Å². The van der Waals surface area contributed by atoms with Crippen LogP contribution < -0.4 is 9.80 Å². The molecule has 5 nitrogen and oxygen atoms in total. The van der Waals surface area contributed by atoms with Crippen molar-refractivity contribution in [2.45, 2.75) is 53.3 Å². The van der Waals surface area contributed by atoms with Crippen LogP contribution in [0, 0.1) is 5.92 Å². The summed E-state index contributed by atoms with van der Waals surface area (Å²) in [5.41, 5.74) is 4.98. The highest BCUT2D eigenvalue weighted by atomic mass is 16.5. The normalized spacial score (nSPS) is 21.1. The molecule has 2 aromatic rings. The standard InChI is InChI=1S/C24H30N4O/c1-5-18-9-8-10-20(15-18)27-22-23(26-12-11-25-22)28(24(27)29-7-3)21-14-17(4)13-19(6-2)16-21/h8-12,14-17,24H,5-7,13H2,1-4H3. The first-order valence-corrected chi connectivity index (χ1v) is 10.7. The van der Waals surface area contributed by atoms with Gasteiger partial charge in [-0.15, -0.1) is 0 Å². The van der Waals surface area contributed by atoms with Crippen molar-refractivity contribution in [2.24, 2.45) is 5.92 Å². The number of anilines is 3. The van der Waals surface area contributed by atoms with Crippen LogP contribution in [0.5, 0.6) is 0 Å². The van der Waals surface area contributed by atoms with Gasteiger partial charge in [0, 0.05) is 30.4 Å². The highest BCUT2D eigenvalue weighted by Crippen LogP contribution is 2.45. The average Bonchev–Trinajstić information content (AvgIpc) is 3.07. The minimum atomic E-state index is -0.310. The van der Waals surface area contributed by atoms with E-state index in [4.69, 9.17) is 14.7 Å². The third-order valence-electron chi connectivity index (χ3n) is 5.59. The van der Waals surface area contributed by atoms with Crippen LogP contribution in [0.3, 0.4) is 0 Å². The second-order valence-corrected chi connectivity index (χ2v) is 7.68. The summed E-state index contributed by atoms with van der Waals surface area (Å²) >= 11 is 0. The van der Waals surface area contributed by atoms with Gasteiger partial charge in [-0.1, -0.05) is 44.6 Å². The van der Waals surface area contributed by atoms with Crippen molar-refractivity contribution >= 4 is 17.3 Å². The Morgan fingerprint density at radius 3 is 2.48 bits per heavy atom. The van der Waals surface area contributed by atoms with E-state index in [2.05, 4.69) is 67.0 Å². The molecule has 2 aliphatic rings. The predicted molar refractivity (Wildman–Crippen MR) is 118 cm³/mol. The molecule has 152 valence electrons. The number of benzene rings is 1. The Morgan fingerprint density at radius 2 is 1.79 bits per heavy atom. The molecule has 1 aliphatic heterocycles. The van der Waals surface area contributed by atoms with Gasteiger partial charge in [-0.2, -0.15) is 0 Å². The summed E-state index contributed by atoms with van der Waals surface area (Å²) in [7, 11) is 0. The van der Waals surface area contributed by atoms with Gasteiger partial charge in [0.2, 0.25) is 6.35 Å². The van der Waals surface area contributed by atoms with Crippen LogP contribution in [0.4, 0.5) is 17.3 Å². The van der Waals surface area contributed by atoms with Crippen molar-refractivity contribution < 1.29 is 4.74 Å². The molecular weight excluding hydrogens is 360 g/mol. The molecule has 2 unspecified atom stereocenters. The molecule has 0 N–H and O–H groups in total. The second-order valence-electron chi connectivity index (χ2n) is 7.68. The van der Waals surface area contributed by atoms with E-state index in [1.165, 1.54) is 11.1 Å². The molecule has 0 radical (unpaired) electrons. The summed E-state index contributed by atoms with van der Waals surface area (Å²) in [4.78, 5) is 13.8. The van der Waals surface area contributed by atoms with E-state index in [9.17, 15) is 0 Å². The van der Waals surface area contributed by atoms with Crippen LogP contribution in [0.1, 0.15) is 46.1 Å². The Balaban J connectivity index is 1.85. The van der Waals surface area contributed by atoms with Gasteiger partial charge in [0.15, 0.2) is 11.6 Å². The third-order valence-corrected chi connectivity index (χ3v) is 5.59. The van der Waals surface area contributed by atoms with Crippen LogP contribution in [0.2, 0.25) is 0 Å². The topological polar surface area (TPSA) is 41.5 Å². The summed E-state index contributed by atoms with van der Waals surface area (Å²) in [6.07, 6.45) is 11.0. The first-order valence-electron chi connectivity index (χ1n) is 10.7. The van der Waals surface area contributed by atoms with E-state index in [1.807, 2.05) is 6.92 Å². The molecule has 1 aromatic heterocycles. The first kappa shape index (κ1) is 19.6. The molecule has 1 aliphatic carbocycles. The first-order chi connectivity index (χ1) is 14.2. The number of aromatic nitrogens is 2. The van der Waals surface area contributed by atoms with Crippen LogP contribution in [-0.4, -0.2) is 22.9 Å². The summed E-state index contributed by atoms with van der Waals surface area (Å²) < 4.78 is 6.30. The van der Waals surface area contributed by atoms with Crippen LogP contribution in [-0.2, 0) is 11.2 Å². The number of allylic oxidation sites excluding steroid dienone is 3. The van der Waals surface area contributed by atoms with Crippen molar-refractivity contribution in [3.8, 4) is 0 Å². The second kappa shape index (κ2) is 8.37. The lowest BCUT2D eigenvalue weighted by Gasteiger charge is -2.34. The van der Waals surface area contributed by atoms with E-state index in [0.29, 0.717) is 12.5 Å². The van der Waals surface area contributed by atoms with Crippen molar-refractivity contribution in [1.29, 1.82) is 0 Å². The number of nitrogens with zero attached hydrogens (tertiary/aromatic N) is 4. The number of ether oxygens (including phenoxy) is 1. The van der Waals surface area contributed by atoms with Gasteiger partial charge in [-0.05, 0) is 55.9 Å². The lowest BCUT2D eigenvalue weighted by atomic mass is 9.92. The fourth-order valence-electron chi connectivity index (χ4n) is 4.19. The fourth-order valence-corrected chi connectivity index (χ4v) is 4.19. The van der Waals surface area contributed by atoms with Gasteiger partial charge in [-0.3, -0.25) is 9.80 Å². The molecule has 0 spiro atoms. The Labute approximate surface area is 173 Å². The van der Waals surface area contributed by atoms with E-state index >= 15 is 0 Å². The number of fused-ring (bicyclic) bond motifs is 1. The van der Waals surface area contributed by atoms with Crippen molar-refractivity contribution in [3.05, 3.63) is 65.6 Å². The third kappa shape index (κ3) is 3.67. The zero-order chi connectivity index (χ0) is 20.4. The fraction of sp³-hybridized carbons (Fsp3) is 0.417. The van der Waals surface area contributed by atoms with E-state index in [-0.39, 0.29) is 6.35 Å². The maximum atomic E-state index is 6.30. The molecule has 4 rings (SSSR count). The van der Waals surface area contributed by atoms with E-state index in [1.54, 1.807) is 12.4 Å². The molecular formula is C24H30N4O. The maximum absolute atomic E-state index is 6.30. The van der Waals surface area contributed by atoms with Crippen LogP contribution >= 0.6 is 0 Å². The van der Waals surface area contributed by atoms with Gasteiger partial charge in [0.1, 0.15) is 0 Å². The Hall–Kier alpha value is -2.66. The zero-order valence-electron chi connectivity index (χ0n) is 17.8. The minimum Gasteiger partial charge on any atom is -0.340 e. The van der Waals surface area contributed by atoms with Crippen LogP contribution in [0.15, 0.2) is 60.1 Å². The smallest absolute Gasteiger partial charge is 0.221 e. The molecule has 29 heavy (non-hydrogen) atoms. The highest BCUT2D eigenvalue weighted by molar-refractivity contribution is 5.80. The molecule has 0 fully saturated rings. The molecule has 0 amide bonds. The zero-order valence-corrected chi connectivity index (χ0v) is 17.8. The Bertz CT molecular complexity index is 936. The summed E-state index contributed by atoms with van der Waals surface area (Å²) in [6, 6.07) is 8.61. The predicted octanol–water partition coefficient (Wildman–Crippen LogP) is 5.58. The van der Waals surface area contributed by atoms with Crippen molar-refractivity contribution in [1.82, 2.24) is 9.97 Å². The van der Waals surface area contributed by atoms with Crippen molar-refractivity contribution in [2.75, 3.05) is 16.4 Å². The quantitative estimate of drug-likeness (QED) is 0.644. The molecule has 0 saturated carbocycles. The number of hydrogen-bond donors (Lipinski definition) is 0. The Morgan fingerprint density at radius 1 is 1.03 bits per heavy atom. The summed E-state index contributed by atoms with van der Waals surface area (Å²) in [6.45, 7) is 9.31. The number of aryl methyl sites for hydroxylation is 1. The largest absolute Gasteiger partial charge is 0.340 e. The average molecular weight is 391 g/mol. The number of rotatable bonds is 6. The van der Waals surface area contributed by atoms with Gasteiger partial charge in [-0.25, -0.2) is 9.97 Å². The van der Waals surface area contributed by atoms with E-state index < -0.39 is 0 Å². The maximum Gasteiger partial charge on any atom is 0.221 e. The van der Waals surface area contributed by atoms with Gasteiger partial charge in [0.25, 0.3) is 0 Å². The molecule has 0 saturated heterocycles. The van der Waals surface area contributed by atoms with Gasteiger partial charge >= 0.3 is 0 Å². The van der Waals surface area contributed by atoms with Crippen LogP contribution in [0.25, 0.3) is 0 Å². The van der Waals surface area contributed by atoms with Gasteiger partial charge < -0.3 is 4.74 Å². The SMILES string of the molecule is CCOC1N(C2=CC(C)CC(CC)=C2)c2nccnc2N1c1cccc(CC)c1. The number of hydrogen-bond acceptors (Lipinski definition) is 5. The molecule has 5 heteroatoms. The summed E-state index contributed by atoms with van der Waals surface area (Å²) in [5, 5.41) is 0. The molecule has 2 heterocycles.